The molecule has 0 aliphatic rings. The Morgan fingerprint density at radius 1 is 1.28 bits per heavy atom. The van der Waals surface area contributed by atoms with E-state index in [-0.39, 0.29) is 18.6 Å². The number of hydrogen-bond donors (Lipinski definition) is 1. The molecule has 1 aromatic rings. The second-order valence-electron chi connectivity index (χ2n) is 5.18. The summed E-state index contributed by atoms with van der Waals surface area (Å²) >= 11 is 0. The van der Waals surface area contributed by atoms with E-state index in [0.717, 1.165) is 5.75 Å². The molecular weight excluding hydrogens is 226 g/mol. The van der Waals surface area contributed by atoms with E-state index < -0.39 is 0 Å². The molecule has 0 unspecified atom stereocenters. The van der Waals surface area contributed by atoms with Gasteiger partial charge in [-0.1, -0.05) is 19.9 Å². The molecule has 3 nitrogen and oxygen atoms in total. The molecule has 100 valence electrons. The fourth-order valence-electron chi connectivity index (χ4n) is 1.90. The number of benzene rings is 1. The van der Waals surface area contributed by atoms with Gasteiger partial charge in [0.05, 0.1) is 0 Å². The van der Waals surface area contributed by atoms with Crippen molar-refractivity contribution in [1.82, 2.24) is 5.32 Å². The molecule has 0 bridgehead atoms. The molecular formula is C15H23NO2. The van der Waals surface area contributed by atoms with E-state index in [9.17, 15) is 4.79 Å². The fourth-order valence-corrected chi connectivity index (χ4v) is 1.90. The molecule has 0 radical (unpaired) electrons. The number of rotatable bonds is 5. The molecule has 0 saturated carbocycles. The fraction of sp³-hybridized carbons (Fsp3) is 0.533. The number of ether oxygens (including phenoxy) is 1. The lowest BCUT2D eigenvalue weighted by Gasteiger charge is -2.13. The Morgan fingerprint density at radius 2 is 1.94 bits per heavy atom. The summed E-state index contributed by atoms with van der Waals surface area (Å²) in [4.78, 5) is 11.5. The first-order valence-electron chi connectivity index (χ1n) is 6.43. The van der Waals surface area contributed by atoms with Crippen LogP contribution in [0.2, 0.25) is 0 Å². The lowest BCUT2D eigenvalue weighted by Crippen LogP contribution is -2.34. The predicted octanol–water partition coefficient (Wildman–Crippen LogP) is 3.02. The zero-order valence-corrected chi connectivity index (χ0v) is 11.9. The minimum absolute atomic E-state index is 0.0681. The Morgan fingerprint density at radius 3 is 2.44 bits per heavy atom. The van der Waals surface area contributed by atoms with Crippen molar-refractivity contribution in [3.63, 3.8) is 0 Å². The van der Waals surface area contributed by atoms with Gasteiger partial charge in [0.15, 0.2) is 6.61 Å². The van der Waals surface area contributed by atoms with Gasteiger partial charge in [-0.05, 0) is 49.9 Å². The number of aryl methyl sites for hydroxylation is 1. The van der Waals surface area contributed by atoms with Crippen LogP contribution in [-0.4, -0.2) is 18.6 Å². The maximum Gasteiger partial charge on any atom is 0.258 e. The lowest BCUT2D eigenvalue weighted by atomic mass is 9.98. The molecule has 1 N–H and O–H groups in total. The smallest absolute Gasteiger partial charge is 0.258 e. The highest BCUT2D eigenvalue weighted by atomic mass is 16.5. The SMILES string of the molecule is Cc1cc(OCC(=O)NC(C)C)ccc1C(C)C. The van der Waals surface area contributed by atoms with E-state index in [1.54, 1.807) is 0 Å². The highest BCUT2D eigenvalue weighted by Crippen LogP contribution is 2.23. The molecule has 0 saturated heterocycles. The Bertz CT molecular complexity index is 411. The summed E-state index contributed by atoms with van der Waals surface area (Å²) in [5.41, 5.74) is 2.51. The maximum atomic E-state index is 11.5. The molecule has 0 heterocycles. The summed E-state index contributed by atoms with van der Waals surface area (Å²) in [7, 11) is 0. The average molecular weight is 249 g/mol. The van der Waals surface area contributed by atoms with Gasteiger partial charge in [0, 0.05) is 6.04 Å². The highest BCUT2D eigenvalue weighted by Gasteiger charge is 2.07. The van der Waals surface area contributed by atoms with Crippen LogP contribution in [0.15, 0.2) is 18.2 Å². The van der Waals surface area contributed by atoms with Crippen LogP contribution in [0.3, 0.4) is 0 Å². The van der Waals surface area contributed by atoms with Gasteiger partial charge in [0.2, 0.25) is 0 Å². The Kier molecular flexibility index (Phi) is 5.20. The van der Waals surface area contributed by atoms with Gasteiger partial charge in [-0.2, -0.15) is 0 Å². The van der Waals surface area contributed by atoms with Crippen LogP contribution in [0.5, 0.6) is 5.75 Å². The minimum atomic E-state index is -0.0874. The van der Waals surface area contributed by atoms with E-state index in [1.165, 1.54) is 11.1 Å². The first-order chi connectivity index (χ1) is 8.40. The molecule has 1 aromatic carbocycles. The van der Waals surface area contributed by atoms with Crippen LogP contribution < -0.4 is 10.1 Å². The molecule has 1 rings (SSSR count). The van der Waals surface area contributed by atoms with E-state index in [4.69, 9.17) is 4.74 Å². The van der Waals surface area contributed by atoms with Crippen LogP contribution in [-0.2, 0) is 4.79 Å². The number of hydrogen-bond acceptors (Lipinski definition) is 2. The maximum absolute atomic E-state index is 11.5. The zero-order chi connectivity index (χ0) is 13.7. The van der Waals surface area contributed by atoms with Gasteiger partial charge in [-0.15, -0.1) is 0 Å². The van der Waals surface area contributed by atoms with Gasteiger partial charge < -0.3 is 10.1 Å². The molecule has 1 amide bonds. The van der Waals surface area contributed by atoms with Crippen molar-refractivity contribution in [2.24, 2.45) is 0 Å². The third-order valence-corrected chi connectivity index (χ3v) is 2.68. The van der Waals surface area contributed by atoms with Crippen LogP contribution >= 0.6 is 0 Å². The lowest BCUT2D eigenvalue weighted by molar-refractivity contribution is -0.123. The summed E-state index contributed by atoms with van der Waals surface area (Å²) in [5.74, 6) is 1.16. The van der Waals surface area contributed by atoms with E-state index in [0.29, 0.717) is 5.92 Å². The van der Waals surface area contributed by atoms with Crippen molar-refractivity contribution in [2.75, 3.05) is 6.61 Å². The van der Waals surface area contributed by atoms with E-state index in [2.05, 4.69) is 32.2 Å². The van der Waals surface area contributed by atoms with Gasteiger partial charge in [0.25, 0.3) is 5.91 Å². The number of carbonyl (C=O) groups is 1. The molecule has 0 fully saturated rings. The summed E-state index contributed by atoms with van der Waals surface area (Å²) < 4.78 is 5.47. The molecule has 0 spiro atoms. The minimum Gasteiger partial charge on any atom is -0.484 e. The molecule has 18 heavy (non-hydrogen) atoms. The molecule has 3 heteroatoms. The van der Waals surface area contributed by atoms with Crippen LogP contribution in [0.1, 0.15) is 44.7 Å². The van der Waals surface area contributed by atoms with Crippen LogP contribution in [0.25, 0.3) is 0 Å². The second kappa shape index (κ2) is 6.43. The summed E-state index contributed by atoms with van der Waals surface area (Å²) in [6.07, 6.45) is 0. The van der Waals surface area contributed by atoms with Gasteiger partial charge in [-0.25, -0.2) is 0 Å². The van der Waals surface area contributed by atoms with E-state index >= 15 is 0 Å². The summed E-state index contributed by atoms with van der Waals surface area (Å²) in [5, 5.41) is 2.79. The van der Waals surface area contributed by atoms with Gasteiger partial charge in [-0.3, -0.25) is 4.79 Å². The largest absolute Gasteiger partial charge is 0.484 e. The number of carbonyl (C=O) groups excluding carboxylic acids is 1. The summed E-state index contributed by atoms with van der Waals surface area (Å²) in [6.45, 7) is 10.3. The number of nitrogens with one attached hydrogen (secondary N) is 1. The van der Waals surface area contributed by atoms with Crippen molar-refractivity contribution < 1.29 is 9.53 Å². The highest BCUT2D eigenvalue weighted by molar-refractivity contribution is 5.77. The van der Waals surface area contributed by atoms with Crippen LogP contribution in [0, 0.1) is 6.92 Å². The third kappa shape index (κ3) is 4.40. The summed E-state index contributed by atoms with van der Waals surface area (Å²) in [6, 6.07) is 6.12. The van der Waals surface area contributed by atoms with Crippen molar-refractivity contribution in [1.29, 1.82) is 0 Å². The number of amides is 1. The monoisotopic (exact) mass is 249 g/mol. The Hall–Kier alpha value is -1.51. The normalized spacial score (nSPS) is 10.8. The first-order valence-corrected chi connectivity index (χ1v) is 6.43. The predicted molar refractivity (Wildman–Crippen MR) is 74.0 cm³/mol. The van der Waals surface area contributed by atoms with Crippen molar-refractivity contribution in [3.05, 3.63) is 29.3 Å². The third-order valence-electron chi connectivity index (χ3n) is 2.68. The van der Waals surface area contributed by atoms with Crippen molar-refractivity contribution >= 4 is 5.91 Å². The van der Waals surface area contributed by atoms with Crippen molar-refractivity contribution in [2.45, 2.75) is 46.6 Å². The molecule has 0 aliphatic heterocycles. The van der Waals surface area contributed by atoms with Gasteiger partial charge >= 0.3 is 0 Å². The Balaban J connectivity index is 2.59. The molecule has 0 atom stereocenters. The molecule has 0 aliphatic carbocycles. The van der Waals surface area contributed by atoms with Crippen molar-refractivity contribution in [3.8, 4) is 5.75 Å². The van der Waals surface area contributed by atoms with Crippen LogP contribution in [0.4, 0.5) is 0 Å². The Labute approximate surface area is 110 Å². The average Bonchev–Trinajstić information content (AvgIpc) is 2.25. The van der Waals surface area contributed by atoms with E-state index in [1.807, 2.05) is 26.0 Å². The first kappa shape index (κ1) is 14.6. The zero-order valence-electron chi connectivity index (χ0n) is 11.9. The topological polar surface area (TPSA) is 38.3 Å². The standard InChI is InChI=1S/C15H23NO2/c1-10(2)14-7-6-13(8-12(14)5)18-9-15(17)16-11(3)4/h6-8,10-11H,9H2,1-5H3,(H,16,17). The quantitative estimate of drug-likeness (QED) is 0.871. The second-order valence-corrected chi connectivity index (χ2v) is 5.18. The van der Waals surface area contributed by atoms with Gasteiger partial charge in [0.1, 0.15) is 5.75 Å². The molecule has 0 aromatic heterocycles.